The smallest absolute Gasteiger partial charge is 0.239 e. The molecule has 0 aromatic carbocycles. The van der Waals surface area contributed by atoms with Crippen molar-refractivity contribution in [1.82, 2.24) is 14.7 Å². The molecule has 0 spiro atoms. The first-order valence-electron chi connectivity index (χ1n) is 8.77. The molecule has 2 saturated heterocycles. The number of carbonyl (C=O) groups excluding carboxylic acids is 2. The van der Waals surface area contributed by atoms with E-state index in [1.807, 2.05) is 30.6 Å². The minimum atomic E-state index is -0.294. The van der Waals surface area contributed by atoms with E-state index in [0.717, 1.165) is 19.5 Å². The summed E-state index contributed by atoms with van der Waals surface area (Å²) in [4.78, 5) is 31.1. The third-order valence-electron chi connectivity index (χ3n) is 5.29. The van der Waals surface area contributed by atoms with Gasteiger partial charge in [-0.05, 0) is 13.3 Å². The van der Waals surface area contributed by atoms with E-state index in [4.69, 9.17) is 4.74 Å². The summed E-state index contributed by atoms with van der Waals surface area (Å²) in [6, 6.07) is -0.121. The van der Waals surface area contributed by atoms with Crippen LogP contribution in [0.3, 0.4) is 0 Å². The van der Waals surface area contributed by atoms with Crippen molar-refractivity contribution in [1.29, 1.82) is 0 Å². The molecule has 2 heterocycles. The zero-order valence-electron chi connectivity index (χ0n) is 15.0. The van der Waals surface area contributed by atoms with Gasteiger partial charge in [-0.15, -0.1) is 0 Å². The van der Waals surface area contributed by atoms with E-state index in [9.17, 15) is 9.59 Å². The SMILES string of the molecule is CCC(C)(C)C(=O)N1CCN([C@H](C)C(=O)N2CCOCC2)CC1. The van der Waals surface area contributed by atoms with Crippen LogP contribution in [0.2, 0.25) is 0 Å². The van der Waals surface area contributed by atoms with Crippen LogP contribution in [0.25, 0.3) is 0 Å². The normalized spacial score (nSPS) is 22.1. The predicted octanol–water partition coefficient (Wildman–Crippen LogP) is 0.814. The molecule has 132 valence electrons. The molecule has 0 aromatic heterocycles. The van der Waals surface area contributed by atoms with E-state index in [2.05, 4.69) is 11.8 Å². The second kappa shape index (κ2) is 7.62. The van der Waals surface area contributed by atoms with Gasteiger partial charge in [0.15, 0.2) is 0 Å². The predicted molar refractivity (Wildman–Crippen MR) is 89.1 cm³/mol. The van der Waals surface area contributed by atoms with Crippen molar-refractivity contribution in [3.8, 4) is 0 Å². The lowest BCUT2D eigenvalue weighted by atomic mass is 9.88. The van der Waals surface area contributed by atoms with Gasteiger partial charge in [-0.2, -0.15) is 0 Å². The van der Waals surface area contributed by atoms with E-state index < -0.39 is 0 Å². The highest BCUT2D eigenvalue weighted by Crippen LogP contribution is 2.24. The summed E-state index contributed by atoms with van der Waals surface area (Å²) in [7, 11) is 0. The molecule has 6 heteroatoms. The molecule has 0 N–H and O–H groups in total. The van der Waals surface area contributed by atoms with Crippen LogP contribution >= 0.6 is 0 Å². The molecule has 0 saturated carbocycles. The number of hydrogen-bond acceptors (Lipinski definition) is 4. The van der Waals surface area contributed by atoms with E-state index in [1.54, 1.807) is 0 Å². The van der Waals surface area contributed by atoms with Gasteiger partial charge in [-0.25, -0.2) is 0 Å². The third kappa shape index (κ3) is 4.23. The molecule has 2 aliphatic heterocycles. The molecule has 23 heavy (non-hydrogen) atoms. The Kier molecular flexibility index (Phi) is 6.03. The van der Waals surface area contributed by atoms with Gasteiger partial charge in [0.1, 0.15) is 0 Å². The Balaban J connectivity index is 1.86. The van der Waals surface area contributed by atoms with Gasteiger partial charge in [0.2, 0.25) is 11.8 Å². The molecule has 2 amide bonds. The quantitative estimate of drug-likeness (QED) is 0.768. The Morgan fingerprint density at radius 3 is 2.09 bits per heavy atom. The lowest BCUT2D eigenvalue weighted by Crippen LogP contribution is -2.57. The van der Waals surface area contributed by atoms with Crippen molar-refractivity contribution < 1.29 is 14.3 Å². The van der Waals surface area contributed by atoms with Crippen LogP contribution in [0.4, 0.5) is 0 Å². The highest BCUT2D eigenvalue weighted by molar-refractivity contribution is 5.83. The fourth-order valence-electron chi connectivity index (χ4n) is 3.10. The van der Waals surface area contributed by atoms with Crippen LogP contribution in [-0.2, 0) is 14.3 Å². The van der Waals surface area contributed by atoms with Crippen LogP contribution in [-0.4, -0.2) is 85.0 Å². The minimum absolute atomic E-state index is 0.121. The summed E-state index contributed by atoms with van der Waals surface area (Å²) in [6.45, 7) is 13.6. The Morgan fingerprint density at radius 2 is 1.57 bits per heavy atom. The van der Waals surface area contributed by atoms with Gasteiger partial charge in [0, 0.05) is 44.7 Å². The number of nitrogens with zero attached hydrogens (tertiary/aromatic N) is 3. The van der Waals surface area contributed by atoms with Gasteiger partial charge >= 0.3 is 0 Å². The molecule has 6 nitrogen and oxygen atoms in total. The second-order valence-corrected chi connectivity index (χ2v) is 7.18. The average molecular weight is 325 g/mol. The summed E-state index contributed by atoms with van der Waals surface area (Å²) >= 11 is 0. The number of amides is 2. The number of rotatable bonds is 4. The summed E-state index contributed by atoms with van der Waals surface area (Å²) < 4.78 is 5.31. The highest BCUT2D eigenvalue weighted by atomic mass is 16.5. The van der Waals surface area contributed by atoms with Crippen LogP contribution < -0.4 is 0 Å². The van der Waals surface area contributed by atoms with Crippen molar-refractivity contribution in [2.75, 3.05) is 52.5 Å². The van der Waals surface area contributed by atoms with Gasteiger partial charge in [-0.1, -0.05) is 20.8 Å². The summed E-state index contributed by atoms with van der Waals surface area (Å²) in [5, 5.41) is 0. The number of morpholine rings is 1. The molecule has 0 aromatic rings. The average Bonchev–Trinajstić information content (AvgIpc) is 2.60. The first-order chi connectivity index (χ1) is 10.9. The van der Waals surface area contributed by atoms with Crippen LogP contribution in [0.15, 0.2) is 0 Å². The topological polar surface area (TPSA) is 53.1 Å². The standard InChI is InChI=1S/C17H31N3O3/c1-5-17(3,4)16(22)20-8-6-18(7-9-20)14(2)15(21)19-10-12-23-13-11-19/h14H,5-13H2,1-4H3/t14-/m1/s1. The maximum absolute atomic E-state index is 12.6. The lowest BCUT2D eigenvalue weighted by molar-refractivity contribution is -0.145. The van der Waals surface area contributed by atoms with E-state index in [1.165, 1.54) is 0 Å². The van der Waals surface area contributed by atoms with Crippen LogP contribution in [0.5, 0.6) is 0 Å². The largest absolute Gasteiger partial charge is 0.378 e. The zero-order chi connectivity index (χ0) is 17.0. The van der Waals surface area contributed by atoms with Crippen LogP contribution in [0, 0.1) is 5.41 Å². The van der Waals surface area contributed by atoms with Gasteiger partial charge in [0.05, 0.1) is 19.3 Å². The first-order valence-corrected chi connectivity index (χ1v) is 8.77. The number of carbonyl (C=O) groups is 2. The van der Waals surface area contributed by atoms with Crippen molar-refractivity contribution in [3.63, 3.8) is 0 Å². The fraction of sp³-hybridized carbons (Fsp3) is 0.882. The minimum Gasteiger partial charge on any atom is -0.378 e. The molecule has 0 unspecified atom stereocenters. The Hall–Kier alpha value is -1.14. The molecule has 2 rings (SSSR count). The monoisotopic (exact) mass is 325 g/mol. The number of ether oxygens (including phenoxy) is 1. The number of hydrogen-bond donors (Lipinski definition) is 0. The van der Waals surface area contributed by atoms with Gasteiger partial charge < -0.3 is 14.5 Å². The molecule has 1 atom stereocenters. The van der Waals surface area contributed by atoms with Crippen molar-refractivity contribution >= 4 is 11.8 Å². The Morgan fingerprint density at radius 1 is 1.00 bits per heavy atom. The lowest BCUT2D eigenvalue weighted by Gasteiger charge is -2.41. The molecule has 0 bridgehead atoms. The summed E-state index contributed by atoms with van der Waals surface area (Å²) in [5.74, 6) is 0.411. The highest BCUT2D eigenvalue weighted by Gasteiger charge is 2.34. The third-order valence-corrected chi connectivity index (χ3v) is 5.29. The fourth-order valence-corrected chi connectivity index (χ4v) is 3.10. The maximum Gasteiger partial charge on any atom is 0.239 e. The molecular weight excluding hydrogens is 294 g/mol. The molecule has 2 fully saturated rings. The Bertz CT molecular complexity index is 425. The van der Waals surface area contributed by atoms with Crippen molar-refractivity contribution in [2.24, 2.45) is 5.41 Å². The molecule has 0 radical (unpaired) electrons. The van der Waals surface area contributed by atoms with Crippen molar-refractivity contribution in [2.45, 2.75) is 40.2 Å². The van der Waals surface area contributed by atoms with E-state index >= 15 is 0 Å². The van der Waals surface area contributed by atoms with Crippen LogP contribution in [0.1, 0.15) is 34.1 Å². The Labute approximate surface area is 139 Å². The summed E-state index contributed by atoms with van der Waals surface area (Å²) in [6.07, 6.45) is 0.845. The van der Waals surface area contributed by atoms with Crippen molar-refractivity contribution in [3.05, 3.63) is 0 Å². The van der Waals surface area contributed by atoms with Gasteiger partial charge in [-0.3, -0.25) is 14.5 Å². The van der Waals surface area contributed by atoms with E-state index in [-0.39, 0.29) is 23.3 Å². The molecule has 0 aliphatic carbocycles. The molecular formula is C17H31N3O3. The zero-order valence-corrected chi connectivity index (χ0v) is 15.0. The van der Waals surface area contributed by atoms with E-state index in [0.29, 0.717) is 39.4 Å². The molecule has 2 aliphatic rings. The number of piperazine rings is 1. The first kappa shape index (κ1) is 18.2. The maximum atomic E-state index is 12.6. The summed E-state index contributed by atoms with van der Waals surface area (Å²) in [5.41, 5.74) is -0.294. The second-order valence-electron chi connectivity index (χ2n) is 7.18. The van der Waals surface area contributed by atoms with Gasteiger partial charge in [0.25, 0.3) is 0 Å².